The van der Waals surface area contributed by atoms with Crippen molar-refractivity contribution in [3.05, 3.63) is 5.56 Å². The molecule has 1 atom stereocenters. The van der Waals surface area contributed by atoms with E-state index >= 15 is 0 Å². The minimum absolute atomic E-state index is 0.0575. The third-order valence-electron chi connectivity index (χ3n) is 5.83. The number of nitrogen functional groups attached to an aromatic ring is 1. The molecule has 148 valence electrons. The van der Waals surface area contributed by atoms with Gasteiger partial charge < -0.3 is 15.2 Å². The number of aromatic nitrogens is 2. The average Bonchev–Trinajstić information content (AvgIpc) is 3.43. The molecule has 1 amide bonds. The summed E-state index contributed by atoms with van der Waals surface area (Å²) >= 11 is 0. The Morgan fingerprint density at radius 3 is 2.81 bits per heavy atom. The zero-order valence-corrected chi connectivity index (χ0v) is 16.0. The van der Waals surface area contributed by atoms with Gasteiger partial charge in [-0.1, -0.05) is 19.3 Å². The molecular weight excluding hydrogens is 344 g/mol. The van der Waals surface area contributed by atoms with Crippen molar-refractivity contribution >= 4 is 17.5 Å². The van der Waals surface area contributed by atoms with Crippen LogP contribution in [0.3, 0.4) is 0 Å². The molecule has 3 heterocycles. The van der Waals surface area contributed by atoms with Gasteiger partial charge in [0.1, 0.15) is 11.6 Å². The van der Waals surface area contributed by atoms with Crippen LogP contribution in [0.2, 0.25) is 0 Å². The molecule has 1 saturated heterocycles. The second-order valence-corrected chi connectivity index (χ2v) is 8.08. The number of rotatable bonds is 9. The van der Waals surface area contributed by atoms with Crippen LogP contribution >= 0.6 is 0 Å². The maximum atomic E-state index is 12.4. The molecule has 7 nitrogen and oxygen atoms in total. The Morgan fingerprint density at radius 1 is 1.15 bits per heavy atom. The number of ether oxygens (including phenoxy) is 2. The molecule has 0 aromatic carbocycles. The molecule has 2 aliphatic heterocycles. The van der Waals surface area contributed by atoms with E-state index in [1.807, 2.05) is 0 Å². The first-order valence-electron chi connectivity index (χ1n) is 10.4. The highest BCUT2D eigenvalue weighted by atomic mass is 16.5. The van der Waals surface area contributed by atoms with Crippen LogP contribution in [0.15, 0.2) is 0 Å². The van der Waals surface area contributed by atoms with Crippen LogP contribution in [0.25, 0.3) is 0 Å². The lowest BCUT2D eigenvalue weighted by molar-refractivity contribution is -0.117. The third kappa shape index (κ3) is 4.69. The van der Waals surface area contributed by atoms with Crippen LogP contribution in [-0.4, -0.2) is 42.2 Å². The Hall–Kier alpha value is -1.89. The molecule has 1 unspecified atom stereocenters. The second kappa shape index (κ2) is 8.42. The SMILES string of the molecule is Nc1nc(OCCC2CC2)nc2c1CC(=O)N2CCCCC1CCCOC1. The average molecular weight is 374 g/mol. The van der Waals surface area contributed by atoms with E-state index in [1.54, 1.807) is 4.90 Å². The number of carbonyl (C=O) groups excluding carboxylic acids is 1. The fourth-order valence-corrected chi connectivity index (χ4v) is 3.98. The van der Waals surface area contributed by atoms with Gasteiger partial charge in [0.2, 0.25) is 5.91 Å². The van der Waals surface area contributed by atoms with E-state index in [2.05, 4.69) is 9.97 Å². The van der Waals surface area contributed by atoms with E-state index in [1.165, 1.54) is 25.7 Å². The largest absolute Gasteiger partial charge is 0.463 e. The summed E-state index contributed by atoms with van der Waals surface area (Å²) in [6, 6.07) is 0.297. The minimum Gasteiger partial charge on any atom is -0.463 e. The molecule has 0 spiro atoms. The quantitative estimate of drug-likeness (QED) is 0.668. The highest BCUT2D eigenvalue weighted by Crippen LogP contribution is 2.34. The molecule has 1 aromatic heterocycles. The summed E-state index contributed by atoms with van der Waals surface area (Å²) < 4.78 is 11.2. The van der Waals surface area contributed by atoms with E-state index in [0.717, 1.165) is 50.4 Å². The number of hydrogen-bond acceptors (Lipinski definition) is 6. The summed E-state index contributed by atoms with van der Waals surface area (Å²) in [5.74, 6) is 2.54. The molecule has 1 saturated carbocycles. The van der Waals surface area contributed by atoms with Gasteiger partial charge in [-0.25, -0.2) is 0 Å². The maximum Gasteiger partial charge on any atom is 0.320 e. The van der Waals surface area contributed by atoms with Crippen molar-refractivity contribution in [2.75, 3.05) is 37.0 Å². The van der Waals surface area contributed by atoms with Crippen LogP contribution in [0.1, 0.15) is 56.9 Å². The van der Waals surface area contributed by atoms with Crippen LogP contribution in [0.5, 0.6) is 6.01 Å². The minimum atomic E-state index is 0.0575. The van der Waals surface area contributed by atoms with Gasteiger partial charge in [0.05, 0.1) is 13.0 Å². The smallest absolute Gasteiger partial charge is 0.320 e. The zero-order chi connectivity index (χ0) is 18.6. The summed E-state index contributed by atoms with van der Waals surface area (Å²) in [4.78, 5) is 23.0. The molecular formula is C20H30N4O3. The summed E-state index contributed by atoms with van der Waals surface area (Å²) in [7, 11) is 0. The van der Waals surface area contributed by atoms with Crippen molar-refractivity contribution in [1.29, 1.82) is 0 Å². The van der Waals surface area contributed by atoms with Gasteiger partial charge in [0.25, 0.3) is 0 Å². The first-order chi connectivity index (χ1) is 13.2. The molecule has 1 aliphatic carbocycles. The Balaban J connectivity index is 1.31. The Labute approximate surface area is 160 Å². The second-order valence-electron chi connectivity index (χ2n) is 8.08. The van der Waals surface area contributed by atoms with Crippen molar-refractivity contribution in [2.45, 2.75) is 57.8 Å². The van der Waals surface area contributed by atoms with Crippen molar-refractivity contribution in [3.63, 3.8) is 0 Å². The molecule has 1 aromatic rings. The van der Waals surface area contributed by atoms with Gasteiger partial charge in [-0.3, -0.25) is 9.69 Å². The number of nitrogens with zero attached hydrogens (tertiary/aromatic N) is 3. The summed E-state index contributed by atoms with van der Waals surface area (Å²) in [5, 5.41) is 0. The normalized spacial score (nSPS) is 22.1. The van der Waals surface area contributed by atoms with Gasteiger partial charge >= 0.3 is 6.01 Å². The van der Waals surface area contributed by atoms with E-state index < -0.39 is 0 Å². The number of nitrogens with two attached hydrogens (primary N) is 1. The van der Waals surface area contributed by atoms with Crippen LogP contribution in [0, 0.1) is 11.8 Å². The lowest BCUT2D eigenvalue weighted by Gasteiger charge is -2.22. The molecule has 4 rings (SSSR count). The standard InChI is InChI=1S/C20H30N4O3/c21-18-16-12-17(25)24(9-2-1-4-15-5-3-10-26-13-15)19(16)23-20(22-18)27-11-8-14-6-7-14/h14-15H,1-13H2,(H2,21,22,23). The molecule has 2 fully saturated rings. The first kappa shape index (κ1) is 18.5. The molecule has 27 heavy (non-hydrogen) atoms. The molecule has 7 heteroatoms. The number of hydrogen-bond donors (Lipinski definition) is 1. The Kier molecular flexibility index (Phi) is 5.76. The lowest BCUT2D eigenvalue weighted by Crippen LogP contribution is -2.28. The van der Waals surface area contributed by atoms with Gasteiger partial charge in [-0.05, 0) is 43.9 Å². The maximum absolute atomic E-state index is 12.4. The van der Waals surface area contributed by atoms with Gasteiger partial charge in [0, 0.05) is 25.3 Å². The van der Waals surface area contributed by atoms with Crippen molar-refractivity contribution in [1.82, 2.24) is 9.97 Å². The van der Waals surface area contributed by atoms with Crippen molar-refractivity contribution in [2.24, 2.45) is 11.8 Å². The predicted molar refractivity (Wildman–Crippen MR) is 103 cm³/mol. The van der Waals surface area contributed by atoms with E-state index in [-0.39, 0.29) is 5.91 Å². The molecule has 2 N–H and O–H groups in total. The zero-order valence-electron chi connectivity index (χ0n) is 16.0. The predicted octanol–water partition coefficient (Wildman–Crippen LogP) is 2.72. The Morgan fingerprint density at radius 2 is 2.04 bits per heavy atom. The number of anilines is 2. The summed E-state index contributed by atoms with van der Waals surface area (Å²) in [5.41, 5.74) is 6.82. The van der Waals surface area contributed by atoms with Crippen molar-refractivity contribution in [3.8, 4) is 6.01 Å². The highest BCUT2D eigenvalue weighted by Gasteiger charge is 2.32. The number of fused-ring (bicyclic) bond motifs is 1. The van der Waals surface area contributed by atoms with E-state index in [9.17, 15) is 4.79 Å². The molecule has 0 radical (unpaired) electrons. The van der Waals surface area contributed by atoms with Gasteiger partial charge in [0.15, 0.2) is 0 Å². The fourth-order valence-electron chi connectivity index (χ4n) is 3.98. The Bertz CT molecular complexity index is 671. The van der Waals surface area contributed by atoms with Gasteiger partial charge in [-0.2, -0.15) is 9.97 Å². The molecule has 3 aliphatic rings. The molecule has 0 bridgehead atoms. The van der Waals surface area contributed by atoms with Crippen LogP contribution in [0.4, 0.5) is 11.6 Å². The highest BCUT2D eigenvalue weighted by molar-refractivity contribution is 6.01. The van der Waals surface area contributed by atoms with E-state index in [4.69, 9.17) is 15.2 Å². The number of unbranched alkanes of at least 4 members (excludes halogenated alkanes) is 1. The topological polar surface area (TPSA) is 90.6 Å². The third-order valence-corrected chi connectivity index (χ3v) is 5.83. The summed E-state index contributed by atoms with van der Waals surface area (Å²) in [6.07, 6.45) is 9.57. The first-order valence-corrected chi connectivity index (χ1v) is 10.4. The van der Waals surface area contributed by atoms with Crippen molar-refractivity contribution < 1.29 is 14.3 Å². The van der Waals surface area contributed by atoms with E-state index in [0.29, 0.717) is 43.1 Å². The lowest BCUT2D eigenvalue weighted by atomic mass is 9.96. The van der Waals surface area contributed by atoms with Gasteiger partial charge in [-0.15, -0.1) is 0 Å². The monoisotopic (exact) mass is 374 g/mol. The number of carbonyl (C=O) groups is 1. The van der Waals surface area contributed by atoms with Crippen LogP contribution < -0.4 is 15.4 Å². The fraction of sp³-hybridized carbons (Fsp3) is 0.750. The van der Waals surface area contributed by atoms with Crippen LogP contribution in [-0.2, 0) is 16.0 Å². The number of amides is 1. The summed E-state index contributed by atoms with van der Waals surface area (Å²) in [6.45, 7) is 3.08.